The highest BCUT2D eigenvalue weighted by molar-refractivity contribution is 5.92. The topological polar surface area (TPSA) is 76.7 Å². The van der Waals surface area contributed by atoms with Crippen molar-refractivity contribution in [1.29, 1.82) is 0 Å². The number of ether oxygens (including phenoxy) is 1. The standard InChI is InChI=1S/C9H19N3O2/c1-3-4-5-6-7-11-8(10)12-9(13)14-2/h3-7H2,1-2H3,(H3,10,11,12,13). The highest BCUT2D eigenvalue weighted by Crippen LogP contribution is 1.98. The van der Waals surface area contributed by atoms with Crippen molar-refractivity contribution in [2.24, 2.45) is 10.7 Å². The van der Waals surface area contributed by atoms with Gasteiger partial charge in [-0.25, -0.2) is 4.79 Å². The average Bonchev–Trinajstić information content (AvgIpc) is 2.17. The summed E-state index contributed by atoms with van der Waals surface area (Å²) >= 11 is 0. The molecule has 0 unspecified atom stereocenters. The van der Waals surface area contributed by atoms with Crippen molar-refractivity contribution in [1.82, 2.24) is 5.32 Å². The second-order valence-electron chi connectivity index (χ2n) is 2.94. The number of alkyl carbamates (subject to hydrolysis) is 1. The zero-order chi connectivity index (χ0) is 10.8. The molecule has 82 valence electrons. The highest BCUT2D eigenvalue weighted by Gasteiger charge is 1.99. The van der Waals surface area contributed by atoms with Crippen LogP contribution in [0.2, 0.25) is 0 Å². The third-order valence-corrected chi connectivity index (χ3v) is 1.71. The van der Waals surface area contributed by atoms with Gasteiger partial charge in [-0.15, -0.1) is 0 Å². The summed E-state index contributed by atoms with van der Waals surface area (Å²) in [6.45, 7) is 2.80. The number of methoxy groups -OCH3 is 1. The second kappa shape index (κ2) is 8.34. The first kappa shape index (κ1) is 12.7. The third-order valence-electron chi connectivity index (χ3n) is 1.71. The van der Waals surface area contributed by atoms with Crippen LogP contribution in [0, 0.1) is 0 Å². The summed E-state index contributed by atoms with van der Waals surface area (Å²) in [6, 6.07) is 0. The minimum absolute atomic E-state index is 0.119. The number of unbranched alkanes of at least 4 members (excludes halogenated alkanes) is 3. The number of nitrogens with two attached hydrogens (primary N) is 1. The number of nitrogens with zero attached hydrogens (tertiary/aromatic N) is 1. The van der Waals surface area contributed by atoms with Crippen LogP contribution in [0.25, 0.3) is 0 Å². The number of hydrogen-bond donors (Lipinski definition) is 2. The van der Waals surface area contributed by atoms with E-state index in [4.69, 9.17) is 5.73 Å². The predicted octanol–water partition coefficient (Wildman–Crippen LogP) is 1.24. The van der Waals surface area contributed by atoms with Crippen molar-refractivity contribution >= 4 is 12.1 Å². The van der Waals surface area contributed by atoms with Gasteiger partial charge in [0.25, 0.3) is 0 Å². The fourth-order valence-corrected chi connectivity index (χ4v) is 0.933. The van der Waals surface area contributed by atoms with Crippen LogP contribution in [0.1, 0.15) is 32.6 Å². The van der Waals surface area contributed by atoms with E-state index >= 15 is 0 Å². The molecule has 0 bridgehead atoms. The van der Waals surface area contributed by atoms with E-state index in [1.54, 1.807) is 0 Å². The van der Waals surface area contributed by atoms with E-state index in [-0.39, 0.29) is 5.96 Å². The first-order valence-electron chi connectivity index (χ1n) is 4.85. The molecule has 3 N–H and O–H groups in total. The molecule has 0 radical (unpaired) electrons. The minimum Gasteiger partial charge on any atom is -0.453 e. The van der Waals surface area contributed by atoms with Crippen LogP contribution in [0.5, 0.6) is 0 Å². The molecule has 0 aliphatic heterocycles. The van der Waals surface area contributed by atoms with Crippen LogP contribution in [-0.2, 0) is 4.74 Å². The van der Waals surface area contributed by atoms with E-state index < -0.39 is 6.09 Å². The Morgan fingerprint density at radius 1 is 1.43 bits per heavy atom. The first-order valence-corrected chi connectivity index (χ1v) is 4.85. The van der Waals surface area contributed by atoms with Crippen molar-refractivity contribution in [2.75, 3.05) is 13.7 Å². The molecule has 14 heavy (non-hydrogen) atoms. The lowest BCUT2D eigenvalue weighted by Gasteiger charge is -2.02. The summed E-state index contributed by atoms with van der Waals surface area (Å²) in [6.07, 6.45) is 3.96. The van der Waals surface area contributed by atoms with Gasteiger partial charge < -0.3 is 10.5 Å². The van der Waals surface area contributed by atoms with Gasteiger partial charge in [0.1, 0.15) is 0 Å². The Kier molecular flexibility index (Phi) is 7.59. The number of rotatable bonds is 5. The van der Waals surface area contributed by atoms with Crippen LogP contribution < -0.4 is 11.1 Å². The summed E-state index contributed by atoms with van der Waals surface area (Å²) in [5, 5.41) is 2.29. The lowest BCUT2D eigenvalue weighted by molar-refractivity contribution is 0.176. The summed E-state index contributed by atoms with van der Waals surface area (Å²) in [5.74, 6) is 0.119. The lowest BCUT2D eigenvalue weighted by Crippen LogP contribution is -2.36. The lowest BCUT2D eigenvalue weighted by atomic mass is 10.2. The molecule has 0 saturated carbocycles. The minimum atomic E-state index is -0.584. The molecule has 0 heterocycles. The van der Waals surface area contributed by atoms with E-state index in [0.717, 1.165) is 12.8 Å². The Labute approximate surface area is 84.7 Å². The molecule has 0 spiro atoms. The van der Waals surface area contributed by atoms with Crippen molar-refractivity contribution in [3.63, 3.8) is 0 Å². The van der Waals surface area contributed by atoms with Gasteiger partial charge in [-0.1, -0.05) is 26.2 Å². The van der Waals surface area contributed by atoms with Gasteiger partial charge >= 0.3 is 6.09 Å². The number of aliphatic imine (C=N–C) groups is 1. The quantitative estimate of drug-likeness (QED) is 0.399. The Morgan fingerprint density at radius 3 is 2.71 bits per heavy atom. The van der Waals surface area contributed by atoms with Crippen LogP contribution in [-0.4, -0.2) is 25.7 Å². The average molecular weight is 201 g/mol. The fraction of sp³-hybridized carbons (Fsp3) is 0.778. The van der Waals surface area contributed by atoms with E-state index in [1.165, 1.54) is 20.0 Å². The molecule has 0 fully saturated rings. The molecule has 0 aromatic heterocycles. The number of carbonyl (C=O) groups is 1. The molecule has 0 aliphatic rings. The van der Waals surface area contributed by atoms with Crippen LogP contribution in [0.4, 0.5) is 4.79 Å². The smallest absolute Gasteiger partial charge is 0.413 e. The van der Waals surface area contributed by atoms with Gasteiger partial charge in [-0.3, -0.25) is 10.3 Å². The SMILES string of the molecule is CCCCCCN=C(N)NC(=O)OC. The largest absolute Gasteiger partial charge is 0.453 e. The number of carbonyl (C=O) groups excluding carboxylic acids is 1. The molecule has 0 saturated heterocycles. The maximum atomic E-state index is 10.7. The second-order valence-corrected chi connectivity index (χ2v) is 2.94. The van der Waals surface area contributed by atoms with E-state index in [0.29, 0.717) is 6.54 Å². The molecular weight excluding hydrogens is 182 g/mol. The monoisotopic (exact) mass is 201 g/mol. The van der Waals surface area contributed by atoms with E-state index in [9.17, 15) is 4.79 Å². The maximum Gasteiger partial charge on any atom is 0.413 e. The highest BCUT2D eigenvalue weighted by atomic mass is 16.5. The van der Waals surface area contributed by atoms with Gasteiger partial charge in [0.05, 0.1) is 7.11 Å². The Morgan fingerprint density at radius 2 is 2.14 bits per heavy atom. The van der Waals surface area contributed by atoms with Crippen LogP contribution in [0.15, 0.2) is 4.99 Å². The number of guanidine groups is 1. The van der Waals surface area contributed by atoms with E-state index in [2.05, 4.69) is 22.0 Å². The van der Waals surface area contributed by atoms with Gasteiger partial charge in [0, 0.05) is 6.54 Å². The molecule has 0 rings (SSSR count). The van der Waals surface area contributed by atoms with Gasteiger partial charge in [0.2, 0.25) is 0 Å². The summed E-state index contributed by atoms with van der Waals surface area (Å²) in [4.78, 5) is 14.6. The molecule has 0 atom stereocenters. The molecule has 1 amide bonds. The Balaban J connectivity index is 3.51. The first-order chi connectivity index (χ1) is 6.70. The molecule has 0 aliphatic carbocycles. The maximum absolute atomic E-state index is 10.7. The molecule has 0 aromatic rings. The van der Waals surface area contributed by atoms with E-state index in [1.807, 2.05) is 0 Å². The zero-order valence-corrected chi connectivity index (χ0v) is 8.88. The molecule has 5 nitrogen and oxygen atoms in total. The van der Waals surface area contributed by atoms with Gasteiger partial charge in [0.15, 0.2) is 5.96 Å². The molecule has 5 heteroatoms. The van der Waals surface area contributed by atoms with Crippen molar-refractivity contribution < 1.29 is 9.53 Å². The zero-order valence-electron chi connectivity index (χ0n) is 8.88. The number of hydrogen-bond acceptors (Lipinski definition) is 3. The van der Waals surface area contributed by atoms with Crippen molar-refractivity contribution in [3.05, 3.63) is 0 Å². The normalized spacial score (nSPS) is 11.1. The van der Waals surface area contributed by atoms with Crippen molar-refractivity contribution in [3.8, 4) is 0 Å². The number of amides is 1. The predicted molar refractivity (Wildman–Crippen MR) is 56.2 cm³/mol. The Hall–Kier alpha value is -1.26. The Bertz CT molecular complexity index is 192. The van der Waals surface area contributed by atoms with Crippen LogP contribution >= 0.6 is 0 Å². The number of nitrogens with one attached hydrogen (secondary N) is 1. The summed E-state index contributed by atoms with van der Waals surface area (Å²) < 4.78 is 4.35. The third kappa shape index (κ3) is 7.39. The van der Waals surface area contributed by atoms with Crippen molar-refractivity contribution in [2.45, 2.75) is 32.6 Å². The molecular formula is C9H19N3O2. The van der Waals surface area contributed by atoms with Crippen LogP contribution in [0.3, 0.4) is 0 Å². The fourth-order valence-electron chi connectivity index (χ4n) is 0.933. The van der Waals surface area contributed by atoms with Gasteiger partial charge in [-0.05, 0) is 6.42 Å². The molecule has 0 aromatic carbocycles. The summed E-state index contributed by atoms with van der Waals surface area (Å²) in [5.41, 5.74) is 5.40. The van der Waals surface area contributed by atoms with Gasteiger partial charge in [-0.2, -0.15) is 0 Å². The summed E-state index contributed by atoms with van der Waals surface area (Å²) in [7, 11) is 1.28.